The monoisotopic (exact) mass is 535 g/mol. The molecule has 2 unspecified atom stereocenters. The summed E-state index contributed by atoms with van der Waals surface area (Å²) < 4.78 is 71.8. The molecule has 0 N–H and O–H groups in total. The van der Waals surface area contributed by atoms with Gasteiger partial charge in [0.1, 0.15) is 4.75 Å². The Kier molecular flexibility index (Phi) is 6.97. The van der Waals surface area contributed by atoms with E-state index in [0.717, 1.165) is 12.1 Å². The third-order valence-corrected chi connectivity index (χ3v) is 8.79. The summed E-state index contributed by atoms with van der Waals surface area (Å²) >= 11 is 11.4. The van der Waals surface area contributed by atoms with Crippen LogP contribution in [0.5, 0.6) is 0 Å². The summed E-state index contributed by atoms with van der Waals surface area (Å²) in [7, 11) is -2.81. The molecule has 12 heteroatoms. The highest BCUT2D eigenvalue weighted by molar-refractivity contribution is 7.94. The van der Waals surface area contributed by atoms with Crippen molar-refractivity contribution < 1.29 is 26.6 Å². The molecule has 0 fully saturated rings. The maximum atomic E-state index is 14.1. The minimum Gasteiger partial charge on any atom is -0.374 e. The summed E-state index contributed by atoms with van der Waals surface area (Å²) in [5, 5.41) is 11.7. The zero-order chi connectivity index (χ0) is 25.5. The maximum Gasteiger partial charge on any atom is 0.435 e. The van der Waals surface area contributed by atoms with Crippen molar-refractivity contribution in [3.8, 4) is 6.07 Å². The highest BCUT2D eigenvalue weighted by atomic mass is 35.5. The van der Waals surface area contributed by atoms with Crippen molar-refractivity contribution in [1.29, 1.82) is 5.26 Å². The van der Waals surface area contributed by atoms with E-state index in [9.17, 15) is 27.0 Å². The zero-order valence-electron chi connectivity index (χ0n) is 18.2. The normalized spacial score (nSPS) is 20.2. The molecular weight excluding hydrogens is 517 g/mol. The Balaban J connectivity index is 1.88. The van der Waals surface area contributed by atoms with Gasteiger partial charge in [-0.1, -0.05) is 52.6 Å². The Morgan fingerprint density at radius 3 is 2.26 bits per heavy atom. The second kappa shape index (κ2) is 9.02. The van der Waals surface area contributed by atoms with E-state index in [-0.39, 0.29) is 12.3 Å². The predicted molar refractivity (Wildman–Crippen MR) is 123 cm³/mol. The summed E-state index contributed by atoms with van der Waals surface area (Å²) in [6, 6.07) is 9.92. The molecule has 0 radical (unpaired) electrons. The van der Waals surface area contributed by atoms with Crippen LogP contribution in [0.25, 0.3) is 0 Å². The summed E-state index contributed by atoms with van der Waals surface area (Å²) in [6.45, 7) is 3.13. The van der Waals surface area contributed by atoms with Crippen molar-refractivity contribution in [1.82, 2.24) is 0 Å². The van der Waals surface area contributed by atoms with Crippen LogP contribution in [0.4, 0.5) is 17.6 Å². The molecule has 0 saturated heterocycles. The van der Waals surface area contributed by atoms with Gasteiger partial charge in [0.05, 0.1) is 38.1 Å². The number of nitrogens with zero attached hydrogens (tertiary/aromatic N) is 3. The second-order valence-corrected chi connectivity index (χ2v) is 12.0. The molecule has 0 bridgehead atoms. The van der Waals surface area contributed by atoms with Gasteiger partial charge in [0.2, 0.25) is 0 Å². The first-order valence-electron chi connectivity index (χ1n) is 9.78. The molecule has 182 valence electrons. The Bertz CT molecular complexity index is 1290. The van der Waals surface area contributed by atoms with Crippen LogP contribution >= 0.6 is 23.2 Å². The van der Waals surface area contributed by atoms with Gasteiger partial charge in [0, 0.05) is 18.2 Å². The minimum atomic E-state index is -4.91. The van der Waals surface area contributed by atoms with E-state index in [1.54, 1.807) is 12.1 Å². The van der Waals surface area contributed by atoms with Crippen molar-refractivity contribution in [2.24, 2.45) is 9.52 Å². The van der Waals surface area contributed by atoms with Crippen molar-refractivity contribution >= 4 is 38.6 Å². The van der Waals surface area contributed by atoms with E-state index in [2.05, 4.69) is 9.52 Å². The minimum absolute atomic E-state index is 0.0160. The van der Waals surface area contributed by atoms with E-state index in [4.69, 9.17) is 28.0 Å². The van der Waals surface area contributed by atoms with Crippen LogP contribution in [0.15, 0.2) is 45.9 Å². The molecule has 2 atom stereocenters. The topological polar surface area (TPSA) is 74.8 Å². The van der Waals surface area contributed by atoms with E-state index in [0.29, 0.717) is 11.1 Å². The fourth-order valence-corrected chi connectivity index (χ4v) is 4.47. The van der Waals surface area contributed by atoms with Crippen molar-refractivity contribution in [3.63, 3.8) is 0 Å². The molecule has 34 heavy (non-hydrogen) atoms. The number of nitriles is 1. The SMILES string of the molecule is CC(C)(C#N)S(C)(=O)=NCc1ccc(C2=NOC(c3cc(Cl)c(F)c(Cl)c3)(C(F)(F)F)C2)cc1. The molecule has 0 aliphatic carbocycles. The fourth-order valence-electron chi connectivity index (χ4n) is 3.09. The largest absolute Gasteiger partial charge is 0.435 e. The molecule has 3 rings (SSSR count). The lowest BCUT2D eigenvalue weighted by Crippen LogP contribution is -2.42. The Morgan fingerprint density at radius 2 is 1.76 bits per heavy atom. The summed E-state index contributed by atoms with van der Waals surface area (Å²) in [5.41, 5.74) is -2.33. The molecule has 1 aliphatic heterocycles. The summed E-state index contributed by atoms with van der Waals surface area (Å²) in [6.07, 6.45) is -4.19. The number of hydrogen-bond acceptors (Lipinski definition) is 5. The average Bonchev–Trinajstić information content (AvgIpc) is 3.23. The van der Waals surface area contributed by atoms with Gasteiger partial charge in [0.15, 0.2) is 5.82 Å². The molecule has 1 heterocycles. The van der Waals surface area contributed by atoms with Crippen LogP contribution < -0.4 is 0 Å². The van der Waals surface area contributed by atoms with Gasteiger partial charge in [-0.25, -0.2) is 13.0 Å². The molecule has 0 amide bonds. The second-order valence-electron chi connectivity index (χ2n) is 8.29. The average molecular weight is 536 g/mol. The van der Waals surface area contributed by atoms with Crippen LogP contribution in [-0.2, 0) is 26.7 Å². The molecular formula is C22H19Cl2F4N3O2S. The number of halogens is 6. The number of rotatable bonds is 5. The Hall–Kier alpha value is -2.35. The van der Waals surface area contributed by atoms with Gasteiger partial charge in [-0.05, 0) is 37.1 Å². The molecule has 1 aliphatic rings. The standard InChI is InChI=1S/C22H19Cl2F4N3O2S/c1-20(2,12-29)34(3,32)30-11-13-4-6-14(7-5-13)18-10-21(33-31-18,22(26,27)28)15-8-16(23)19(25)17(24)9-15/h4-9H,10-11H2,1-3H3. The maximum absolute atomic E-state index is 14.1. The van der Waals surface area contributed by atoms with E-state index in [1.165, 1.54) is 32.2 Å². The van der Waals surface area contributed by atoms with Gasteiger partial charge in [-0.2, -0.15) is 18.4 Å². The fraction of sp³-hybridized carbons (Fsp3) is 0.364. The Morgan fingerprint density at radius 1 is 1.21 bits per heavy atom. The molecule has 0 aromatic heterocycles. The zero-order valence-corrected chi connectivity index (χ0v) is 20.5. The van der Waals surface area contributed by atoms with Gasteiger partial charge >= 0.3 is 6.18 Å². The molecule has 0 spiro atoms. The lowest BCUT2D eigenvalue weighted by atomic mass is 9.86. The first-order chi connectivity index (χ1) is 15.6. The van der Waals surface area contributed by atoms with Gasteiger partial charge in [-0.15, -0.1) is 0 Å². The first kappa shape index (κ1) is 26.3. The number of alkyl halides is 3. The Labute approximate surface area is 204 Å². The number of hydrogen-bond donors (Lipinski definition) is 0. The van der Waals surface area contributed by atoms with Crippen LogP contribution in [-0.4, -0.2) is 27.1 Å². The van der Waals surface area contributed by atoms with Crippen molar-refractivity contribution in [2.75, 3.05) is 6.26 Å². The lowest BCUT2D eigenvalue weighted by Gasteiger charge is -2.29. The van der Waals surface area contributed by atoms with Crippen LogP contribution in [0.2, 0.25) is 10.0 Å². The number of oxime groups is 1. The van der Waals surface area contributed by atoms with Gasteiger partial charge in [-0.3, -0.25) is 0 Å². The van der Waals surface area contributed by atoms with Crippen LogP contribution in [0.3, 0.4) is 0 Å². The van der Waals surface area contributed by atoms with Gasteiger partial charge in [0.25, 0.3) is 5.60 Å². The highest BCUT2D eigenvalue weighted by Gasteiger charge is 2.62. The molecule has 0 saturated carbocycles. The van der Waals surface area contributed by atoms with E-state index in [1.807, 2.05) is 6.07 Å². The highest BCUT2D eigenvalue weighted by Crippen LogP contribution is 2.50. The van der Waals surface area contributed by atoms with Crippen molar-refractivity contribution in [2.45, 2.75) is 43.3 Å². The van der Waals surface area contributed by atoms with E-state index < -0.39 is 54.1 Å². The molecule has 2 aromatic rings. The molecule has 2 aromatic carbocycles. The first-order valence-corrected chi connectivity index (χ1v) is 12.5. The summed E-state index contributed by atoms with van der Waals surface area (Å²) in [5.74, 6) is -1.03. The summed E-state index contributed by atoms with van der Waals surface area (Å²) in [4.78, 5) is 4.92. The van der Waals surface area contributed by atoms with E-state index >= 15 is 0 Å². The van der Waals surface area contributed by atoms with Crippen molar-refractivity contribution in [3.05, 3.63) is 69.0 Å². The predicted octanol–water partition coefficient (Wildman–Crippen LogP) is 6.61. The lowest BCUT2D eigenvalue weighted by molar-refractivity contribution is -0.275. The van der Waals surface area contributed by atoms with Crippen LogP contribution in [0.1, 0.15) is 37.0 Å². The third kappa shape index (κ3) is 4.74. The quantitative estimate of drug-likeness (QED) is 0.319. The smallest absolute Gasteiger partial charge is 0.374 e. The van der Waals surface area contributed by atoms with Gasteiger partial charge < -0.3 is 4.84 Å². The third-order valence-electron chi connectivity index (χ3n) is 5.63. The number of benzene rings is 2. The van der Waals surface area contributed by atoms with Crippen LogP contribution in [0, 0.1) is 17.1 Å². The molecule has 5 nitrogen and oxygen atoms in total.